The number of halogens is 3. The van der Waals surface area contributed by atoms with E-state index >= 15 is 0 Å². The third-order valence-corrected chi connectivity index (χ3v) is 11.2. The lowest BCUT2D eigenvalue weighted by molar-refractivity contribution is 0.0848. The maximum absolute atomic E-state index is 14.6. The van der Waals surface area contributed by atoms with Gasteiger partial charge in [0.25, 0.3) is 0 Å². The smallest absolute Gasteiger partial charge is 0.153 e. The van der Waals surface area contributed by atoms with Crippen molar-refractivity contribution in [3.05, 3.63) is 17.2 Å². The van der Waals surface area contributed by atoms with Crippen LogP contribution in [0, 0.1) is 22.7 Å². The van der Waals surface area contributed by atoms with Crippen molar-refractivity contribution < 1.29 is 13.2 Å². The van der Waals surface area contributed by atoms with Crippen LogP contribution in [0.4, 0.5) is 13.2 Å². The Morgan fingerprint density at radius 2 is 0.930 bits per heavy atom. The number of benzene rings is 1. The molecule has 3 atom stereocenters. The van der Waals surface area contributed by atoms with E-state index in [1.807, 2.05) is 47.6 Å². The van der Waals surface area contributed by atoms with Gasteiger partial charge in [-0.05, 0) is 101 Å². The van der Waals surface area contributed by atoms with Gasteiger partial charge >= 0.3 is 0 Å². The molecule has 0 aromatic heterocycles. The maximum atomic E-state index is 14.6. The van der Waals surface area contributed by atoms with Crippen LogP contribution in [0.15, 0.2) is 20.8 Å². The summed E-state index contributed by atoms with van der Waals surface area (Å²) in [7, 11) is 0. The number of thioether (sulfide) groups is 3. The first-order chi connectivity index (χ1) is 20.8. The van der Waals surface area contributed by atoms with Gasteiger partial charge < -0.3 is 0 Å². The molecule has 0 heterocycles. The molecule has 0 N–H and O–H groups in total. The van der Waals surface area contributed by atoms with Gasteiger partial charge in [0.15, 0.2) is 18.9 Å². The third kappa shape index (κ3) is 13.4. The molecule has 0 spiro atoms. The van der Waals surface area contributed by atoms with Crippen LogP contribution in [0.1, 0.15) is 91.2 Å². The van der Waals surface area contributed by atoms with Crippen molar-refractivity contribution in [2.24, 2.45) is 0 Å². The summed E-state index contributed by atoms with van der Waals surface area (Å²) in [6.07, 6.45) is 0.232. The molecule has 5 nitrogen and oxygen atoms in total. The van der Waals surface area contributed by atoms with Gasteiger partial charge in [0, 0.05) is 14.7 Å². The Labute approximate surface area is 272 Å². The van der Waals surface area contributed by atoms with Gasteiger partial charge in [-0.1, -0.05) is 41.5 Å². The van der Waals surface area contributed by atoms with Crippen LogP contribution < -0.4 is 0 Å². The zero-order valence-electron chi connectivity index (χ0n) is 27.0. The summed E-state index contributed by atoms with van der Waals surface area (Å²) < 4.78 is 43.8. The molecule has 0 aliphatic carbocycles. The minimum Gasteiger partial charge on any atom is -0.275 e. The Bertz CT molecular complexity index is 992. The van der Waals surface area contributed by atoms with Crippen molar-refractivity contribution in [1.29, 1.82) is 10.5 Å². The summed E-state index contributed by atoms with van der Waals surface area (Å²) in [4.78, 5) is 7.74. The van der Waals surface area contributed by atoms with E-state index in [1.165, 1.54) is 23.5 Å². The molecule has 11 heteroatoms. The molecule has 0 fully saturated rings. The van der Waals surface area contributed by atoms with Gasteiger partial charge in [-0.25, -0.2) is 13.2 Å². The summed E-state index contributed by atoms with van der Waals surface area (Å²) in [5.41, 5.74) is 0.690. The fraction of sp³-hybridized carbons (Fsp3) is 0.750. The van der Waals surface area contributed by atoms with Crippen LogP contribution in [0.5, 0.6) is 0 Å². The maximum Gasteiger partial charge on any atom is 0.153 e. The monoisotopic (exact) mass is 659 g/mol. The van der Waals surface area contributed by atoms with Crippen LogP contribution in [0.3, 0.4) is 0 Å². The lowest BCUT2D eigenvalue weighted by Crippen LogP contribution is -2.31. The van der Waals surface area contributed by atoms with Crippen LogP contribution in [0.25, 0.3) is 0 Å². The Morgan fingerprint density at radius 1 is 0.581 bits per heavy atom. The highest BCUT2D eigenvalue weighted by Gasteiger charge is 2.21. The minimum absolute atomic E-state index is 0.344. The SMILES string of the molecule is CCN(CC)C(F)CCCSc1cc(SCCCC(F)N(CC)CC)c(SCCCC(F)N(CC)CC)c(C#N)c1C#N. The van der Waals surface area contributed by atoms with Crippen molar-refractivity contribution in [1.82, 2.24) is 14.7 Å². The average molecular weight is 660 g/mol. The summed E-state index contributed by atoms with van der Waals surface area (Å²) in [6.45, 7) is 15.7. The highest BCUT2D eigenvalue weighted by Crippen LogP contribution is 2.41. The molecule has 0 aliphatic rings. The van der Waals surface area contributed by atoms with Crippen LogP contribution in [-0.4, -0.2) is 90.1 Å². The first-order valence-corrected chi connectivity index (χ1v) is 18.8. The average Bonchev–Trinajstić information content (AvgIpc) is 3.01. The Hall–Kier alpha value is -1.08. The molecule has 0 aliphatic heterocycles. The first-order valence-electron chi connectivity index (χ1n) is 15.8. The van der Waals surface area contributed by atoms with Crippen LogP contribution in [-0.2, 0) is 0 Å². The first kappa shape index (κ1) is 39.9. The van der Waals surface area contributed by atoms with Gasteiger partial charge in [-0.15, -0.1) is 35.3 Å². The van der Waals surface area contributed by atoms with Crippen LogP contribution in [0.2, 0.25) is 0 Å². The molecule has 0 saturated carbocycles. The van der Waals surface area contributed by atoms with Gasteiger partial charge in [0.1, 0.15) is 12.1 Å². The molecule has 0 saturated heterocycles. The number of rotatable bonds is 24. The normalized spacial score (nSPS) is 13.8. The minimum atomic E-state index is -1.00. The zero-order chi connectivity index (χ0) is 32.2. The molecule has 43 heavy (non-hydrogen) atoms. The van der Waals surface area contributed by atoms with E-state index in [0.29, 0.717) is 106 Å². The van der Waals surface area contributed by atoms with E-state index in [9.17, 15) is 23.7 Å². The molecule has 244 valence electrons. The largest absolute Gasteiger partial charge is 0.275 e. The number of hydrogen-bond donors (Lipinski definition) is 0. The molecular formula is C32H52F3N5S3. The van der Waals surface area contributed by atoms with Crippen molar-refractivity contribution in [3.63, 3.8) is 0 Å². The zero-order valence-corrected chi connectivity index (χ0v) is 29.5. The fourth-order valence-electron chi connectivity index (χ4n) is 4.90. The summed E-state index contributed by atoms with van der Waals surface area (Å²) in [5.74, 6) is 1.94. The predicted octanol–water partition coefficient (Wildman–Crippen LogP) is 8.96. The highest BCUT2D eigenvalue weighted by molar-refractivity contribution is 8.02. The number of alkyl halides is 3. The second-order valence-corrected chi connectivity index (χ2v) is 13.5. The molecule has 3 unspecified atom stereocenters. The lowest BCUT2D eigenvalue weighted by atomic mass is 10.1. The Balaban J connectivity index is 3.11. The quantitative estimate of drug-likeness (QED) is 0.0620. The van der Waals surface area contributed by atoms with Gasteiger partial charge in [0.2, 0.25) is 0 Å². The van der Waals surface area contributed by atoms with Crippen LogP contribution >= 0.6 is 35.3 Å². The molecule has 0 amide bonds. The summed E-state index contributed by atoms with van der Waals surface area (Å²) in [5, 5.41) is 20.2. The van der Waals surface area contributed by atoms with E-state index in [1.54, 1.807) is 26.5 Å². The summed E-state index contributed by atoms with van der Waals surface area (Å²) >= 11 is 4.56. The van der Waals surface area contributed by atoms with E-state index in [4.69, 9.17) is 0 Å². The Morgan fingerprint density at radius 3 is 1.28 bits per heavy atom. The number of hydrogen-bond acceptors (Lipinski definition) is 8. The summed E-state index contributed by atoms with van der Waals surface area (Å²) in [6, 6.07) is 6.49. The molecular weight excluding hydrogens is 608 g/mol. The third-order valence-electron chi connectivity index (χ3n) is 7.58. The van der Waals surface area contributed by atoms with Crippen molar-refractivity contribution in [2.45, 2.75) is 114 Å². The standard InChI is InChI=1S/C32H52F3N5S3/c1-7-38(8-2)29(33)16-13-19-41-27-22-28(42-20-14-17-30(34)39(9-3)10-4)32(26(24-37)25(27)23-36)43-21-15-18-31(35)40(11-5)12-6/h22,29-31H,7-21H2,1-6H3. The van der Waals surface area contributed by atoms with E-state index in [-0.39, 0.29) is 0 Å². The van der Waals surface area contributed by atoms with E-state index in [0.717, 1.165) is 14.7 Å². The molecule has 0 bridgehead atoms. The van der Waals surface area contributed by atoms with E-state index < -0.39 is 18.9 Å². The molecule has 1 rings (SSSR count). The Kier molecular flexibility index (Phi) is 21.6. The van der Waals surface area contributed by atoms with Crippen molar-refractivity contribution in [2.75, 3.05) is 56.5 Å². The number of nitriles is 2. The van der Waals surface area contributed by atoms with Gasteiger partial charge in [0.05, 0.1) is 11.1 Å². The van der Waals surface area contributed by atoms with Crippen molar-refractivity contribution in [3.8, 4) is 12.1 Å². The topological polar surface area (TPSA) is 57.3 Å². The second-order valence-electron chi connectivity index (χ2n) is 10.1. The molecule has 1 aromatic carbocycles. The lowest BCUT2D eigenvalue weighted by Gasteiger charge is -2.23. The molecule has 1 aromatic rings. The van der Waals surface area contributed by atoms with Gasteiger partial charge in [-0.2, -0.15) is 10.5 Å². The van der Waals surface area contributed by atoms with Gasteiger partial charge in [-0.3, -0.25) is 14.7 Å². The van der Waals surface area contributed by atoms with E-state index in [2.05, 4.69) is 12.1 Å². The fourth-order valence-corrected chi connectivity index (χ4v) is 8.33. The number of nitrogens with zero attached hydrogens (tertiary/aromatic N) is 5. The highest BCUT2D eigenvalue weighted by atomic mass is 32.2. The predicted molar refractivity (Wildman–Crippen MR) is 179 cm³/mol. The second kappa shape index (κ2) is 23.3. The van der Waals surface area contributed by atoms with Crippen molar-refractivity contribution >= 4 is 35.3 Å². The molecule has 0 radical (unpaired) electrons.